The first-order chi connectivity index (χ1) is 14.2. The standard InChI is InChI=1S/C24H29N3O3/c1-16-9-5-6-10-17(16)14-26-22(28)21(27-23(29)30-24(2,3)4)13-18-15-25-20-12-8-7-11-19(18)20/h5-12,15,21,25H,13-14H2,1-4H3,(H,26,28)(H,27,29)/t21-/m0/s1. The minimum Gasteiger partial charge on any atom is -0.444 e. The van der Waals surface area contributed by atoms with Crippen molar-refractivity contribution in [1.29, 1.82) is 0 Å². The Morgan fingerprint density at radius 1 is 1.03 bits per heavy atom. The first kappa shape index (κ1) is 21.4. The normalized spacial score (nSPS) is 12.4. The molecule has 0 fully saturated rings. The first-order valence-corrected chi connectivity index (χ1v) is 10.1. The number of aryl methyl sites for hydroxylation is 1. The van der Waals surface area contributed by atoms with E-state index in [2.05, 4.69) is 15.6 Å². The van der Waals surface area contributed by atoms with Crippen molar-refractivity contribution in [1.82, 2.24) is 15.6 Å². The van der Waals surface area contributed by atoms with Crippen LogP contribution in [0.25, 0.3) is 10.9 Å². The SMILES string of the molecule is Cc1ccccc1CNC(=O)[C@H](Cc1c[nH]c2ccccc12)NC(=O)OC(C)(C)C. The molecular weight excluding hydrogens is 378 g/mol. The van der Waals surface area contributed by atoms with E-state index in [0.717, 1.165) is 27.6 Å². The fourth-order valence-corrected chi connectivity index (χ4v) is 3.29. The molecule has 3 aromatic rings. The van der Waals surface area contributed by atoms with Crippen molar-refractivity contribution in [2.75, 3.05) is 0 Å². The van der Waals surface area contributed by atoms with Crippen LogP contribution in [-0.2, 0) is 22.5 Å². The second-order valence-electron chi connectivity index (χ2n) is 8.41. The lowest BCUT2D eigenvalue weighted by atomic mass is 10.0. The number of nitrogens with one attached hydrogen (secondary N) is 3. The molecular formula is C24H29N3O3. The van der Waals surface area contributed by atoms with Gasteiger partial charge in [0.05, 0.1) is 0 Å². The van der Waals surface area contributed by atoms with Crippen molar-refractivity contribution in [2.45, 2.75) is 52.3 Å². The number of rotatable bonds is 6. The molecule has 0 aliphatic carbocycles. The van der Waals surface area contributed by atoms with Crippen molar-refractivity contribution in [3.8, 4) is 0 Å². The molecule has 0 saturated carbocycles. The average Bonchev–Trinajstić information content (AvgIpc) is 3.08. The molecule has 1 aromatic heterocycles. The van der Waals surface area contributed by atoms with Crippen LogP contribution in [0.15, 0.2) is 54.7 Å². The zero-order valence-corrected chi connectivity index (χ0v) is 17.9. The van der Waals surface area contributed by atoms with Gasteiger partial charge in [0.2, 0.25) is 5.91 Å². The monoisotopic (exact) mass is 407 g/mol. The number of hydrogen-bond acceptors (Lipinski definition) is 3. The Kier molecular flexibility index (Phi) is 6.45. The third kappa shape index (κ3) is 5.63. The van der Waals surface area contributed by atoms with E-state index in [1.165, 1.54) is 0 Å². The number of carbonyl (C=O) groups is 2. The summed E-state index contributed by atoms with van der Waals surface area (Å²) < 4.78 is 5.37. The molecule has 158 valence electrons. The number of ether oxygens (including phenoxy) is 1. The summed E-state index contributed by atoms with van der Waals surface area (Å²) in [5.74, 6) is -0.255. The van der Waals surface area contributed by atoms with Crippen LogP contribution in [0.2, 0.25) is 0 Å². The largest absolute Gasteiger partial charge is 0.444 e. The zero-order chi connectivity index (χ0) is 21.7. The van der Waals surface area contributed by atoms with Gasteiger partial charge in [0.25, 0.3) is 0 Å². The average molecular weight is 408 g/mol. The van der Waals surface area contributed by atoms with Crippen LogP contribution in [0.5, 0.6) is 0 Å². The molecule has 3 rings (SSSR count). The summed E-state index contributed by atoms with van der Waals surface area (Å²) in [6.45, 7) is 7.77. The van der Waals surface area contributed by atoms with Gasteiger partial charge in [-0.05, 0) is 50.5 Å². The third-order valence-corrected chi connectivity index (χ3v) is 4.82. The number of amides is 2. The summed E-state index contributed by atoms with van der Waals surface area (Å²) in [6, 6.07) is 15.0. The Morgan fingerprint density at radius 2 is 1.73 bits per heavy atom. The molecule has 0 spiro atoms. The van der Waals surface area contributed by atoms with Crippen LogP contribution in [0.4, 0.5) is 4.79 Å². The summed E-state index contributed by atoms with van der Waals surface area (Å²) >= 11 is 0. The molecule has 0 saturated heterocycles. The fraction of sp³-hybridized carbons (Fsp3) is 0.333. The van der Waals surface area contributed by atoms with Crippen LogP contribution in [-0.4, -0.2) is 28.6 Å². The Bertz CT molecular complexity index is 1030. The van der Waals surface area contributed by atoms with Crippen molar-refractivity contribution >= 4 is 22.9 Å². The van der Waals surface area contributed by atoms with E-state index in [4.69, 9.17) is 4.74 Å². The number of alkyl carbamates (subject to hydrolysis) is 1. The second-order valence-corrected chi connectivity index (χ2v) is 8.41. The number of aromatic nitrogens is 1. The number of carbonyl (C=O) groups excluding carboxylic acids is 2. The molecule has 2 amide bonds. The van der Waals surface area contributed by atoms with Gasteiger partial charge in [-0.15, -0.1) is 0 Å². The Morgan fingerprint density at radius 3 is 2.47 bits per heavy atom. The molecule has 3 N–H and O–H groups in total. The van der Waals surface area contributed by atoms with Crippen LogP contribution >= 0.6 is 0 Å². The topological polar surface area (TPSA) is 83.2 Å². The highest BCUT2D eigenvalue weighted by molar-refractivity contribution is 5.88. The summed E-state index contributed by atoms with van der Waals surface area (Å²) in [5, 5.41) is 6.72. The number of hydrogen-bond donors (Lipinski definition) is 3. The van der Waals surface area contributed by atoms with Gasteiger partial charge < -0.3 is 20.4 Å². The van der Waals surface area contributed by atoms with Crippen LogP contribution in [0.3, 0.4) is 0 Å². The molecule has 1 atom stereocenters. The maximum atomic E-state index is 13.0. The quantitative estimate of drug-likeness (QED) is 0.572. The minimum atomic E-state index is -0.761. The molecule has 0 radical (unpaired) electrons. The number of aromatic amines is 1. The van der Waals surface area contributed by atoms with Gasteiger partial charge in [-0.25, -0.2) is 4.79 Å². The highest BCUT2D eigenvalue weighted by Gasteiger charge is 2.25. The molecule has 0 aliphatic heterocycles. The lowest BCUT2D eigenvalue weighted by molar-refractivity contribution is -0.123. The summed E-state index contributed by atoms with van der Waals surface area (Å²) in [6.07, 6.45) is 1.62. The molecule has 0 aliphatic rings. The molecule has 30 heavy (non-hydrogen) atoms. The molecule has 6 heteroatoms. The second kappa shape index (κ2) is 9.03. The van der Waals surface area contributed by atoms with Crippen molar-refractivity contribution in [3.63, 3.8) is 0 Å². The van der Waals surface area contributed by atoms with Gasteiger partial charge in [-0.2, -0.15) is 0 Å². The lowest BCUT2D eigenvalue weighted by Gasteiger charge is -2.23. The van der Waals surface area contributed by atoms with Gasteiger partial charge in [0, 0.05) is 30.1 Å². The van der Waals surface area contributed by atoms with Crippen LogP contribution in [0, 0.1) is 6.92 Å². The molecule has 6 nitrogen and oxygen atoms in total. The summed E-state index contributed by atoms with van der Waals surface area (Å²) in [4.78, 5) is 28.6. The highest BCUT2D eigenvalue weighted by atomic mass is 16.6. The Balaban J connectivity index is 1.76. The van der Waals surface area contributed by atoms with Gasteiger partial charge in [-0.1, -0.05) is 42.5 Å². The van der Waals surface area contributed by atoms with Crippen LogP contribution < -0.4 is 10.6 Å². The number of fused-ring (bicyclic) bond motifs is 1. The minimum absolute atomic E-state index is 0.255. The van der Waals surface area contributed by atoms with E-state index in [1.54, 1.807) is 20.8 Å². The number of para-hydroxylation sites is 1. The zero-order valence-electron chi connectivity index (χ0n) is 17.9. The van der Waals surface area contributed by atoms with Crippen molar-refractivity contribution in [2.24, 2.45) is 0 Å². The maximum absolute atomic E-state index is 13.0. The molecule has 1 heterocycles. The van der Waals surface area contributed by atoms with E-state index in [9.17, 15) is 9.59 Å². The third-order valence-electron chi connectivity index (χ3n) is 4.82. The van der Waals surface area contributed by atoms with Gasteiger partial charge in [-0.3, -0.25) is 4.79 Å². The Hall–Kier alpha value is -3.28. The molecule has 0 unspecified atom stereocenters. The lowest BCUT2D eigenvalue weighted by Crippen LogP contribution is -2.49. The fourth-order valence-electron chi connectivity index (χ4n) is 3.29. The van der Waals surface area contributed by atoms with E-state index < -0.39 is 17.7 Å². The smallest absolute Gasteiger partial charge is 0.408 e. The van der Waals surface area contributed by atoms with Crippen LogP contribution in [0.1, 0.15) is 37.5 Å². The van der Waals surface area contributed by atoms with Crippen molar-refractivity contribution in [3.05, 3.63) is 71.4 Å². The van der Waals surface area contributed by atoms with Gasteiger partial charge >= 0.3 is 6.09 Å². The number of benzene rings is 2. The molecule has 0 bridgehead atoms. The van der Waals surface area contributed by atoms with E-state index >= 15 is 0 Å². The van der Waals surface area contributed by atoms with E-state index in [0.29, 0.717) is 13.0 Å². The summed E-state index contributed by atoms with van der Waals surface area (Å²) in [7, 11) is 0. The van der Waals surface area contributed by atoms with Gasteiger partial charge in [0.1, 0.15) is 11.6 Å². The predicted octanol–water partition coefficient (Wildman–Crippen LogP) is 4.23. The molecule has 2 aromatic carbocycles. The van der Waals surface area contributed by atoms with Gasteiger partial charge in [0.15, 0.2) is 0 Å². The van der Waals surface area contributed by atoms with E-state index in [-0.39, 0.29) is 5.91 Å². The highest BCUT2D eigenvalue weighted by Crippen LogP contribution is 2.19. The Labute approximate surface area is 177 Å². The van der Waals surface area contributed by atoms with E-state index in [1.807, 2.05) is 61.7 Å². The predicted molar refractivity (Wildman–Crippen MR) is 118 cm³/mol. The van der Waals surface area contributed by atoms with Crippen molar-refractivity contribution < 1.29 is 14.3 Å². The first-order valence-electron chi connectivity index (χ1n) is 10.1. The number of H-pyrrole nitrogens is 1. The summed E-state index contributed by atoms with van der Waals surface area (Å²) in [5.41, 5.74) is 3.44. The maximum Gasteiger partial charge on any atom is 0.408 e.